The van der Waals surface area contributed by atoms with Crippen LogP contribution in [-0.4, -0.2) is 52.6 Å². The summed E-state index contributed by atoms with van der Waals surface area (Å²) >= 11 is 0. The number of aromatic nitrogens is 4. The largest absolute Gasteiger partial charge is 0.472 e. The van der Waals surface area contributed by atoms with Crippen molar-refractivity contribution in [2.24, 2.45) is 0 Å². The molecule has 3 aromatic rings. The molecule has 2 aliphatic rings. The van der Waals surface area contributed by atoms with Crippen LogP contribution in [0.1, 0.15) is 24.8 Å². The second kappa shape index (κ2) is 7.69. The number of nitrogens with zero attached hydrogens (tertiary/aromatic N) is 3. The van der Waals surface area contributed by atoms with E-state index in [1.54, 1.807) is 12.4 Å². The third kappa shape index (κ3) is 3.50. The predicted molar refractivity (Wildman–Crippen MR) is 107 cm³/mol. The predicted octanol–water partition coefficient (Wildman–Crippen LogP) is 2.95. The lowest BCUT2D eigenvalue weighted by molar-refractivity contribution is 0.160. The Kier molecular flexibility index (Phi) is 4.76. The number of ether oxygens (including phenoxy) is 2. The van der Waals surface area contributed by atoms with Gasteiger partial charge < -0.3 is 14.8 Å². The van der Waals surface area contributed by atoms with Crippen LogP contribution in [0.25, 0.3) is 27.9 Å². The highest BCUT2D eigenvalue weighted by atomic mass is 16.5. The van der Waals surface area contributed by atoms with E-state index in [1.807, 2.05) is 0 Å². The van der Waals surface area contributed by atoms with Gasteiger partial charge in [-0.25, -0.2) is 4.98 Å². The number of H-pyrrole nitrogens is 1. The third-order valence-corrected chi connectivity index (χ3v) is 5.24. The van der Waals surface area contributed by atoms with Crippen molar-refractivity contribution in [3.63, 3.8) is 0 Å². The summed E-state index contributed by atoms with van der Waals surface area (Å²) in [7, 11) is 0. The van der Waals surface area contributed by atoms with Crippen molar-refractivity contribution in [2.45, 2.75) is 25.4 Å². The number of rotatable bonds is 4. The van der Waals surface area contributed by atoms with Crippen LogP contribution < -0.4 is 10.1 Å². The Bertz CT molecular complexity index is 1010. The molecule has 5 rings (SSSR count). The Balaban J connectivity index is 1.47. The number of hydrogen-bond donors (Lipinski definition) is 2. The minimum Gasteiger partial charge on any atom is -0.472 e. The van der Waals surface area contributed by atoms with E-state index in [2.05, 4.69) is 49.8 Å². The summed E-state index contributed by atoms with van der Waals surface area (Å²) in [6.45, 7) is 3.34. The Hall–Kier alpha value is -2.77. The SMILES string of the molecule is C1=C(c2ccc3[nH]nc(-c4cncc(OC5CCCNC5)n4)c3c2)COCC1. The first kappa shape index (κ1) is 17.3. The molecule has 7 nitrogen and oxygen atoms in total. The molecule has 0 radical (unpaired) electrons. The van der Waals surface area contributed by atoms with Crippen molar-refractivity contribution in [3.8, 4) is 17.3 Å². The Morgan fingerprint density at radius 1 is 1.21 bits per heavy atom. The summed E-state index contributed by atoms with van der Waals surface area (Å²) in [5.74, 6) is 0.543. The zero-order valence-electron chi connectivity index (χ0n) is 15.6. The molecule has 1 saturated heterocycles. The first-order valence-electron chi connectivity index (χ1n) is 9.82. The van der Waals surface area contributed by atoms with Gasteiger partial charge in [0.2, 0.25) is 5.88 Å². The molecule has 0 spiro atoms. The van der Waals surface area contributed by atoms with E-state index in [0.29, 0.717) is 18.2 Å². The first-order chi connectivity index (χ1) is 13.9. The molecule has 2 aliphatic heterocycles. The van der Waals surface area contributed by atoms with E-state index in [-0.39, 0.29) is 6.10 Å². The smallest absolute Gasteiger partial charge is 0.233 e. The number of benzene rings is 1. The fourth-order valence-electron chi connectivity index (χ4n) is 3.78. The summed E-state index contributed by atoms with van der Waals surface area (Å²) in [5, 5.41) is 12.0. The van der Waals surface area contributed by atoms with Crippen LogP contribution in [0.2, 0.25) is 0 Å². The van der Waals surface area contributed by atoms with Gasteiger partial charge in [0.05, 0.1) is 31.1 Å². The molecule has 0 bridgehead atoms. The van der Waals surface area contributed by atoms with E-state index in [1.165, 1.54) is 5.57 Å². The maximum atomic E-state index is 6.03. The van der Waals surface area contributed by atoms with Crippen molar-refractivity contribution >= 4 is 16.5 Å². The molecular weight excluding hydrogens is 354 g/mol. The van der Waals surface area contributed by atoms with Gasteiger partial charge in [0, 0.05) is 11.9 Å². The molecular formula is C21H23N5O2. The number of fused-ring (bicyclic) bond motifs is 1. The average Bonchev–Trinajstić information content (AvgIpc) is 3.19. The topological polar surface area (TPSA) is 85.0 Å². The third-order valence-electron chi connectivity index (χ3n) is 5.24. The monoisotopic (exact) mass is 377 g/mol. The number of piperidine rings is 1. The summed E-state index contributed by atoms with van der Waals surface area (Å²) in [4.78, 5) is 9.00. The standard InChI is InChI=1S/C21H23N5O2/c1-4-16(10-22-7-1)28-20-12-23-11-19(24-20)21-17-9-14(5-6-18(17)25-26-21)15-3-2-8-27-13-15/h3,5-6,9,11-12,16,22H,1-2,4,7-8,10,13H2,(H,25,26). The highest BCUT2D eigenvalue weighted by molar-refractivity contribution is 5.94. The molecule has 0 saturated carbocycles. The summed E-state index contributed by atoms with van der Waals surface area (Å²) in [6.07, 6.45) is 8.89. The average molecular weight is 377 g/mol. The maximum Gasteiger partial charge on any atom is 0.233 e. The molecule has 2 N–H and O–H groups in total. The minimum absolute atomic E-state index is 0.138. The molecule has 0 amide bonds. The molecule has 1 aromatic carbocycles. The van der Waals surface area contributed by atoms with Gasteiger partial charge in [-0.2, -0.15) is 5.10 Å². The zero-order valence-corrected chi connectivity index (χ0v) is 15.6. The Morgan fingerprint density at radius 2 is 2.21 bits per heavy atom. The molecule has 0 aliphatic carbocycles. The van der Waals surface area contributed by atoms with Crippen LogP contribution >= 0.6 is 0 Å². The molecule has 7 heteroatoms. The van der Waals surface area contributed by atoms with E-state index in [4.69, 9.17) is 9.47 Å². The molecule has 4 heterocycles. The van der Waals surface area contributed by atoms with Crippen LogP contribution in [0.15, 0.2) is 36.7 Å². The van der Waals surface area contributed by atoms with Gasteiger partial charge >= 0.3 is 0 Å². The molecule has 144 valence electrons. The van der Waals surface area contributed by atoms with E-state index >= 15 is 0 Å². The number of aromatic amines is 1. The first-order valence-corrected chi connectivity index (χ1v) is 9.82. The van der Waals surface area contributed by atoms with Crippen molar-refractivity contribution < 1.29 is 9.47 Å². The van der Waals surface area contributed by atoms with Gasteiger partial charge in [0.25, 0.3) is 0 Å². The number of nitrogens with one attached hydrogen (secondary N) is 2. The van der Waals surface area contributed by atoms with Gasteiger partial charge in [-0.05, 0) is 49.1 Å². The van der Waals surface area contributed by atoms with Crippen molar-refractivity contribution in [3.05, 3.63) is 42.2 Å². The quantitative estimate of drug-likeness (QED) is 0.727. The van der Waals surface area contributed by atoms with Gasteiger partial charge in [0.1, 0.15) is 17.5 Å². The van der Waals surface area contributed by atoms with E-state index < -0.39 is 0 Å². The van der Waals surface area contributed by atoms with Crippen LogP contribution in [0.3, 0.4) is 0 Å². The van der Waals surface area contributed by atoms with Gasteiger partial charge in [-0.15, -0.1) is 0 Å². The van der Waals surface area contributed by atoms with Crippen molar-refractivity contribution in [1.82, 2.24) is 25.5 Å². The summed E-state index contributed by atoms with van der Waals surface area (Å²) in [5.41, 5.74) is 4.84. The lowest BCUT2D eigenvalue weighted by atomic mass is 10.0. The fraction of sp³-hybridized carbons (Fsp3) is 0.381. The lowest BCUT2D eigenvalue weighted by Gasteiger charge is -2.23. The second-order valence-corrected chi connectivity index (χ2v) is 7.23. The fourth-order valence-corrected chi connectivity index (χ4v) is 3.78. The van der Waals surface area contributed by atoms with Gasteiger partial charge in [-0.3, -0.25) is 10.1 Å². The summed E-state index contributed by atoms with van der Waals surface area (Å²) in [6, 6.07) is 6.30. The molecule has 1 unspecified atom stereocenters. The second-order valence-electron chi connectivity index (χ2n) is 7.23. The van der Waals surface area contributed by atoms with E-state index in [0.717, 1.165) is 61.1 Å². The molecule has 1 atom stereocenters. The lowest BCUT2D eigenvalue weighted by Crippen LogP contribution is -2.37. The van der Waals surface area contributed by atoms with Crippen LogP contribution in [0.5, 0.6) is 5.88 Å². The van der Waals surface area contributed by atoms with Gasteiger partial charge in [-0.1, -0.05) is 12.1 Å². The molecule has 2 aromatic heterocycles. The summed E-state index contributed by atoms with van der Waals surface area (Å²) < 4.78 is 11.6. The maximum absolute atomic E-state index is 6.03. The Labute approximate surface area is 163 Å². The number of hydrogen-bond acceptors (Lipinski definition) is 6. The Morgan fingerprint density at radius 3 is 3.07 bits per heavy atom. The van der Waals surface area contributed by atoms with E-state index in [9.17, 15) is 0 Å². The van der Waals surface area contributed by atoms with Crippen molar-refractivity contribution in [1.29, 1.82) is 0 Å². The highest BCUT2D eigenvalue weighted by Crippen LogP contribution is 2.29. The highest BCUT2D eigenvalue weighted by Gasteiger charge is 2.17. The van der Waals surface area contributed by atoms with Crippen LogP contribution in [0, 0.1) is 0 Å². The molecule has 28 heavy (non-hydrogen) atoms. The zero-order chi connectivity index (χ0) is 18.8. The van der Waals surface area contributed by atoms with Crippen molar-refractivity contribution in [2.75, 3.05) is 26.3 Å². The van der Waals surface area contributed by atoms with Crippen LogP contribution in [-0.2, 0) is 4.74 Å². The minimum atomic E-state index is 0.138. The molecule has 1 fully saturated rings. The van der Waals surface area contributed by atoms with Crippen LogP contribution in [0.4, 0.5) is 0 Å². The van der Waals surface area contributed by atoms with Gasteiger partial charge in [0.15, 0.2) is 0 Å². The normalized spacial score (nSPS) is 20.1.